The summed E-state index contributed by atoms with van der Waals surface area (Å²) in [5, 5.41) is 0. The van der Waals surface area contributed by atoms with Gasteiger partial charge in [0.25, 0.3) is 0 Å². The van der Waals surface area contributed by atoms with E-state index in [1.54, 1.807) is 24.1 Å². The molecule has 0 aromatic heterocycles. The van der Waals surface area contributed by atoms with Crippen molar-refractivity contribution in [3.63, 3.8) is 0 Å². The Morgan fingerprint density at radius 2 is 1.70 bits per heavy atom. The van der Waals surface area contributed by atoms with E-state index in [9.17, 15) is 13.6 Å². The van der Waals surface area contributed by atoms with Crippen molar-refractivity contribution in [2.75, 3.05) is 45.3 Å². The van der Waals surface area contributed by atoms with Crippen molar-refractivity contribution in [1.82, 2.24) is 4.90 Å². The van der Waals surface area contributed by atoms with Gasteiger partial charge in [0.15, 0.2) is 11.5 Å². The fraction of sp³-hybridized carbons (Fsp3) is 0.318. The Kier molecular flexibility index (Phi) is 7.11. The summed E-state index contributed by atoms with van der Waals surface area (Å²) >= 11 is 0. The molecule has 0 bridgehead atoms. The van der Waals surface area contributed by atoms with Gasteiger partial charge in [0, 0.05) is 43.5 Å². The molecule has 8 heteroatoms. The summed E-state index contributed by atoms with van der Waals surface area (Å²) in [5.74, 6) is 0.696. The SMILES string of the molecule is COc1ccc(N2CCN(C(=O)/C=C/c3cccc(OC)c3OC(F)F)CC2)cc1. The first-order valence-electron chi connectivity index (χ1n) is 9.49. The Labute approximate surface area is 174 Å². The highest BCUT2D eigenvalue weighted by atomic mass is 19.3. The van der Waals surface area contributed by atoms with E-state index in [4.69, 9.17) is 9.47 Å². The van der Waals surface area contributed by atoms with Gasteiger partial charge in [-0.05, 0) is 36.4 Å². The van der Waals surface area contributed by atoms with Gasteiger partial charge in [0.1, 0.15) is 5.75 Å². The maximum atomic E-state index is 12.7. The van der Waals surface area contributed by atoms with Gasteiger partial charge in [0.05, 0.1) is 14.2 Å². The van der Waals surface area contributed by atoms with Gasteiger partial charge in [-0.15, -0.1) is 0 Å². The Balaban J connectivity index is 1.62. The number of amides is 1. The normalized spacial score (nSPS) is 14.3. The lowest BCUT2D eigenvalue weighted by molar-refractivity contribution is -0.126. The zero-order valence-corrected chi connectivity index (χ0v) is 16.9. The molecule has 1 heterocycles. The lowest BCUT2D eigenvalue weighted by Gasteiger charge is -2.35. The summed E-state index contributed by atoms with van der Waals surface area (Å²) in [5.41, 5.74) is 1.42. The number of anilines is 1. The van der Waals surface area contributed by atoms with Crippen LogP contribution in [-0.4, -0.2) is 57.8 Å². The highest BCUT2D eigenvalue weighted by Gasteiger charge is 2.20. The molecule has 0 aliphatic carbocycles. The van der Waals surface area contributed by atoms with Crippen molar-refractivity contribution in [3.8, 4) is 17.2 Å². The van der Waals surface area contributed by atoms with Crippen molar-refractivity contribution in [3.05, 3.63) is 54.1 Å². The van der Waals surface area contributed by atoms with Crippen LogP contribution in [0.3, 0.4) is 0 Å². The maximum Gasteiger partial charge on any atom is 0.387 e. The van der Waals surface area contributed by atoms with Crippen LogP contribution < -0.4 is 19.1 Å². The number of rotatable bonds is 7. The third-order valence-electron chi connectivity index (χ3n) is 4.87. The average molecular weight is 418 g/mol. The molecule has 2 aromatic carbocycles. The number of para-hydroxylation sites is 1. The van der Waals surface area contributed by atoms with Gasteiger partial charge in [-0.1, -0.05) is 12.1 Å². The number of nitrogens with zero attached hydrogens (tertiary/aromatic N) is 2. The zero-order chi connectivity index (χ0) is 21.5. The predicted molar refractivity (Wildman–Crippen MR) is 110 cm³/mol. The average Bonchev–Trinajstić information content (AvgIpc) is 2.78. The van der Waals surface area contributed by atoms with Crippen LogP contribution in [-0.2, 0) is 4.79 Å². The first kappa shape index (κ1) is 21.4. The predicted octanol–water partition coefficient (Wildman–Crippen LogP) is 3.67. The lowest BCUT2D eigenvalue weighted by Crippen LogP contribution is -2.48. The molecule has 0 saturated carbocycles. The summed E-state index contributed by atoms with van der Waals surface area (Å²) in [6.07, 6.45) is 2.84. The Morgan fingerprint density at radius 3 is 2.30 bits per heavy atom. The second kappa shape index (κ2) is 9.96. The van der Waals surface area contributed by atoms with E-state index >= 15 is 0 Å². The van der Waals surface area contributed by atoms with Gasteiger partial charge in [-0.25, -0.2) is 0 Å². The van der Waals surface area contributed by atoms with Crippen LogP contribution in [0.25, 0.3) is 6.08 Å². The number of methoxy groups -OCH3 is 2. The van der Waals surface area contributed by atoms with Crippen molar-refractivity contribution in [1.29, 1.82) is 0 Å². The first-order valence-corrected chi connectivity index (χ1v) is 9.49. The number of piperazine rings is 1. The van der Waals surface area contributed by atoms with E-state index in [-0.39, 0.29) is 17.4 Å². The molecule has 1 fully saturated rings. The van der Waals surface area contributed by atoms with E-state index in [1.165, 1.54) is 25.3 Å². The molecule has 1 amide bonds. The fourth-order valence-electron chi connectivity index (χ4n) is 3.28. The minimum absolute atomic E-state index is 0.0941. The molecular weight excluding hydrogens is 394 g/mol. The van der Waals surface area contributed by atoms with Crippen LogP contribution in [0.15, 0.2) is 48.5 Å². The van der Waals surface area contributed by atoms with Crippen LogP contribution >= 0.6 is 0 Å². The van der Waals surface area contributed by atoms with Gasteiger partial charge < -0.3 is 24.0 Å². The topological polar surface area (TPSA) is 51.2 Å². The minimum Gasteiger partial charge on any atom is -0.497 e. The number of alkyl halides is 2. The molecule has 1 saturated heterocycles. The quantitative estimate of drug-likeness (QED) is 0.643. The summed E-state index contributed by atoms with van der Waals surface area (Å²) in [4.78, 5) is 16.5. The van der Waals surface area contributed by atoms with Crippen LogP contribution in [0, 0.1) is 0 Å². The molecule has 0 N–H and O–H groups in total. The molecule has 2 aromatic rings. The number of benzene rings is 2. The van der Waals surface area contributed by atoms with E-state index in [1.807, 2.05) is 24.3 Å². The van der Waals surface area contributed by atoms with Crippen LogP contribution in [0.2, 0.25) is 0 Å². The minimum atomic E-state index is -2.99. The Hall–Kier alpha value is -3.29. The second-order valence-corrected chi connectivity index (χ2v) is 6.60. The van der Waals surface area contributed by atoms with Crippen LogP contribution in [0.5, 0.6) is 17.2 Å². The molecule has 0 radical (unpaired) electrons. The molecule has 3 rings (SSSR count). The van der Waals surface area contributed by atoms with Crippen LogP contribution in [0.4, 0.5) is 14.5 Å². The summed E-state index contributed by atoms with van der Waals surface area (Å²) in [6.45, 7) is -0.466. The molecule has 0 atom stereocenters. The van der Waals surface area contributed by atoms with Gasteiger partial charge >= 0.3 is 6.61 Å². The molecule has 1 aliphatic rings. The summed E-state index contributed by atoms with van der Waals surface area (Å²) in [6, 6.07) is 12.6. The fourth-order valence-corrected chi connectivity index (χ4v) is 3.28. The molecule has 0 spiro atoms. The highest BCUT2D eigenvalue weighted by molar-refractivity contribution is 5.92. The number of carbonyl (C=O) groups is 1. The summed E-state index contributed by atoms with van der Waals surface area (Å²) < 4.78 is 40.3. The van der Waals surface area contributed by atoms with Crippen molar-refractivity contribution < 1.29 is 27.8 Å². The van der Waals surface area contributed by atoms with Crippen molar-refractivity contribution in [2.45, 2.75) is 6.61 Å². The largest absolute Gasteiger partial charge is 0.497 e. The third-order valence-corrected chi connectivity index (χ3v) is 4.87. The molecule has 0 unspecified atom stereocenters. The van der Waals surface area contributed by atoms with Crippen LogP contribution in [0.1, 0.15) is 5.56 Å². The van der Waals surface area contributed by atoms with Crippen molar-refractivity contribution >= 4 is 17.7 Å². The van der Waals surface area contributed by atoms with Gasteiger partial charge in [-0.2, -0.15) is 8.78 Å². The maximum absolute atomic E-state index is 12.7. The Morgan fingerprint density at radius 1 is 1.00 bits per heavy atom. The highest BCUT2D eigenvalue weighted by Crippen LogP contribution is 2.33. The smallest absolute Gasteiger partial charge is 0.387 e. The van der Waals surface area contributed by atoms with Crippen molar-refractivity contribution in [2.24, 2.45) is 0 Å². The molecule has 30 heavy (non-hydrogen) atoms. The number of ether oxygens (including phenoxy) is 3. The Bertz CT molecular complexity index is 879. The monoisotopic (exact) mass is 418 g/mol. The standard InChI is InChI=1S/C22H24F2N2O4/c1-28-18-9-7-17(8-10-18)25-12-14-26(15-13-25)20(27)11-6-16-4-3-5-19(29-2)21(16)30-22(23)24/h3-11,22H,12-15H2,1-2H3/b11-6+. The first-order chi connectivity index (χ1) is 14.5. The number of hydrogen-bond acceptors (Lipinski definition) is 5. The van der Waals surface area contributed by atoms with Gasteiger partial charge in [0.2, 0.25) is 5.91 Å². The molecule has 1 aliphatic heterocycles. The number of hydrogen-bond donors (Lipinski definition) is 0. The molecule has 6 nitrogen and oxygen atoms in total. The van der Waals surface area contributed by atoms with E-state index in [0.29, 0.717) is 31.7 Å². The van der Waals surface area contributed by atoms with E-state index in [2.05, 4.69) is 9.64 Å². The van der Waals surface area contributed by atoms with Gasteiger partial charge in [-0.3, -0.25) is 4.79 Å². The molecule has 160 valence electrons. The molecular formula is C22H24F2N2O4. The van der Waals surface area contributed by atoms with E-state index in [0.717, 1.165) is 11.4 Å². The second-order valence-electron chi connectivity index (χ2n) is 6.60. The zero-order valence-electron chi connectivity index (χ0n) is 16.9. The number of halogens is 2. The third kappa shape index (κ3) is 5.20. The summed E-state index contributed by atoms with van der Waals surface area (Å²) in [7, 11) is 3.00. The lowest BCUT2D eigenvalue weighted by atomic mass is 10.1. The van der Waals surface area contributed by atoms with E-state index < -0.39 is 6.61 Å². The number of carbonyl (C=O) groups excluding carboxylic acids is 1.